The fraction of sp³-hybridized carbons (Fsp3) is 0.529. The van der Waals surface area contributed by atoms with Crippen molar-refractivity contribution in [2.75, 3.05) is 18.0 Å². The summed E-state index contributed by atoms with van der Waals surface area (Å²) in [5, 5.41) is 16.4. The third kappa shape index (κ3) is 3.32. The highest BCUT2D eigenvalue weighted by Crippen LogP contribution is 2.29. The molecule has 1 aliphatic rings. The summed E-state index contributed by atoms with van der Waals surface area (Å²) in [4.78, 5) is 19.0. The molecule has 0 radical (unpaired) electrons. The van der Waals surface area contributed by atoms with Crippen LogP contribution in [0.15, 0.2) is 22.1 Å². The summed E-state index contributed by atoms with van der Waals surface area (Å²) >= 11 is 1.54. The van der Waals surface area contributed by atoms with Crippen LogP contribution in [0.4, 0.5) is 5.13 Å². The molecule has 3 heterocycles. The first kappa shape index (κ1) is 17.0. The molecule has 1 fully saturated rings. The molecule has 0 saturated carbocycles. The van der Waals surface area contributed by atoms with Gasteiger partial charge in [-0.25, -0.2) is 4.98 Å². The second kappa shape index (κ2) is 6.57. The summed E-state index contributed by atoms with van der Waals surface area (Å²) in [6.07, 6.45) is 3.52. The lowest BCUT2D eigenvalue weighted by Crippen LogP contribution is -2.47. The lowest BCUT2D eigenvalue weighted by Gasteiger charge is -2.27. The first-order valence-corrected chi connectivity index (χ1v) is 9.00. The van der Waals surface area contributed by atoms with Crippen molar-refractivity contribution in [1.29, 1.82) is 0 Å². The van der Waals surface area contributed by atoms with Crippen molar-refractivity contribution in [3.05, 3.63) is 34.7 Å². The molecule has 0 aromatic carbocycles. The molecule has 2 N–H and O–H groups in total. The molecule has 3 rings (SSSR count). The summed E-state index contributed by atoms with van der Waals surface area (Å²) < 4.78 is 5.49. The van der Waals surface area contributed by atoms with Gasteiger partial charge in [-0.3, -0.25) is 4.79 Å². The van der Waals surface area contributed by atoms with Crippen LogP contribution in [-0.2, 0) is 10.4 Å². The number of thiazole rings is 1. The molecule has 0 aliphatic carbocycles. The summed E-state index contributed by atoms with van der Waals surface area (Å²) in [5.74, 6) is 1.36. The van der Waals surface area contributed by atoms with Crippen molar-refractivity contribution in [1.82, 2.24) is 10.3 Å². The van der Waals surface area contributed by atoms with Crippen LogP contribution >= 0.6 is 11.3 Å². The Morgan fingerprint density at radius 1 is 1.58 bits per heavy atom. The van der Waals surface area contributed by atoms with Crippen LogP contribution in [-0.4, -0.2) is 35.1 Å². The van der Waals surface area contributed by atoms with Crippen molar-refractivity contribution in [2.24, 2.45) is 0 Å². The number of nitrogens with one attached hydrogen (secondary N) is 1. The predicted molar refractivity (Wildman–Crippen MR) is 93.2 cm³/mol. The molecular weight excluding hydrogens is 326 g/mol. The van der Waals surface area contributed by atoms with E-state index in [0.717, 1.165) is 30.3 Å². The molecule has 0 bridgehead atoms. The molecule has 1 amide bonds. The maximum Gasteiger partial charge on any atom is 0.242 e. The monoisotopic (exact) mass is 349 g/mol. The van der Waals surface area contributed by atoms with E-state index in [1.165, 1.54) is 11.3 Å². The first-order chi connectivity index (χ1) is 11.4. The number of aromatic nitrogens is 1. The van der Waals surface area contributed by atoms with Crippen molar-refractivity contribution in [3.63, 3.8) is 0 Å². The Morgan fingerprint density at radius 2 is 2.38 bits per heavy atom. The maximum atomic E-state index is 12.6. The minimum atomic E-state index is -1.16. The molecule has 7 heteroatoms. The topological polar surface area (TPSA) is 78.6 Å². The standard InChI is InChI=1S/C17H23N3O3S/c1-11-9-13(12(2)23-11)17(3,22)10-19-15(21)14-5-4-7-20(14)16-18-6-8-24-16/h6,8-9,14,22H,4-5,7,10H2,1-3H3,(H,19,21)/t14-,17-/m1/s1. The van der Waals surface area contributed by atoms with Crippen LogP contribution in [0.2, 0.25) is 0 Å². The number of rotatable bonds is 5. The zero-order valence-corrected chi connectivity index (χ0v) is 15.0. The van der Waals surface area contributed by atoms with Crippen LogP contribution < -0.4 is 10.2 Å². The minimum absolute atomic E-state index is 0.0687. The van der Waals surface area contributed by atoms with Gasteiger partial charge in [0.25, 0.3) is 0 Å². The second-order valence-electron chi connectivity index (χ2n) is 6.48. The van der Waals surface area contributed by atoms with E-state index in [2.05, 4.69) is 10.3 Å². The molecule has 2 atom stereocenters. The molecule has 130 valence electrons. The highest BCUT2D eigenvalue weighted by Gasteiger charge is 2.34. The Bertz CT molecular complexity index is 709. The van der Waals surface area contributed by atoms with Gasteiger partial charge in [-0.2, -0.15) is 0 Å². The second-order valence-corrected chi connectivity index (χ2v) is 7.36. The number of furan rings is 1. The summed E-state index contributed by atoms with van der Waals surface area (Å²) in [7, 11) is 0. The van der Waals surface area contributed by atoms with Crippen molar-refractivity contribution >= 4 is 22.4 Å². The Labute approximate surface area is 145 Å². The summed E-state index contributed by atoms with van der Waals surface area (Å²) in [6, 6.07) is 1.60. The van der Waals surface area contributed by atoms with Gasteiger partial charge in [0, 0.05) is 23.7 Å². The molecule has 24 heavy (non-hydrogen) atoms. The SMILES string of the molecule is Cc1cc([C@](C)(O)CNC(=O)[C@H]2CCCN2c2nccs2)c(C)o1. The van der Waals surface area contributed by atoms with Crippen molar-refractivity contribution in [2.45, 2.75) is 45.3 Å². The lowest BCUT2D eigenvalue weighted by atomic mass is 9.96. The number of carbonyl (C=O) groups excluding carboxylic acids is 1. The Hall–Kier alpha value is -1.86. The fourth-order valence-corrected chi connectivity index (χ4v) is 3.98. The quantitative estimate of drug-likeness (QED) is 0.866. The maximum absolute atomic E-state index is 12.6. The van der Waals surface area contributed by atoms with Crippen molar-refractivity contribution in [3.8, 4) is 0 Å². The summed E-state index contributed by atoms with van der Waals surface area (Å²) in [6.45, 7) is 6.34. The Kier molecular flexibility index (Phi) is 4.64. The van der Waals surface area contributed by atoms with Gasteiger partial charge in [0.15, 0.2) is 5.13 Å². The average Bonchev–Trinajstić information content (AvgIpc) is 3.24. The van der Waals surface area contributed by atoms with Gasteiger partial charge in [-0.05, 0) is 39.7 Å². The highest BCUT2D eigenvalue weighted by atomic mass is 32.1. The Morgan fingerprint density at radius 3 is 3.00 bits per heavy atom. The molecule has 0 unspecified atom stereocenters. The van der Waals surface area contributed by atoms with Crippen LogP contribution in [0.1, 0.15) is 36.8 Å². The molecule has 1 aliphatic heterocycles. The van der Waals surface area contributed by atoms with Gasteiger partial charge in [-0.1, -0.05) is 0 Å². The fourth-order valence-electron chi connectivity index (χ4n) is 3.26. The largest absolute Gasteiger partial charge is 0.466 e. The van der Waals surface area contributed by atoms with Gasteiger partial charge in [0.2, 0.25) is 5.91 Å². The number of anilines is 1. The normalized spacial score (nSPS) is 20.2. The highest BCUT2D eigenvalue weighted by molar-refractivity contribution is 7.13. The Balaban J connectivity index is 1.65. The number of amides is 1. The molecule has 6 nitrogen and oxygen atoms in total. The van der Waals surface area contributed by atoms with Crippen LogP contribution in [0.3, 0.4) is 0 Å². The zero-order chi connectivity index (χ0) is 17.3. The van der Waals surface area contributed by atoms with E-state index < -0.39 is 5.60 Å². The minimum Gasteiger partial charge on any atom is -0.466 e. The average molecular weight is 349 g/mol. The van der Waals surface area contributed by atoms with Gasteiger partial charge >= 0.3 is 0 Å². The number of hydrogen-bond donors (Lipinski definition) is 2. The smallest absolute Gasteiger partial charge is 0.242 e. The molecular formula is C17H23N3O3S. The molecule has 1 saturated heterocycles. The predicted octanol–water partition coefficient (Wildman–Crippen LogP) is 2.35. The summed E-state index contributed by atoms with van der Waals surface area (Å²) in [5.41, 5.74) is -0.453. The van der Waals surface area contributed by atoms with E-state index in [1.807, 2.05) is 30.2 Å². The van der Waals surface area contributed by atoms with Crippen molar-refractivity contribution < 1.29 is 14.3 Å². The van der Waals surface area contributed by atoms with E-state index in [4.69, 9.17) is 4.42 Å². The molecule has 2 aromatic heterocycles. The van der Waals surface area contributed by atoms with E-state index in [1.54, 1.807) is 13.1 Å². The van der Waals surface area contributed by atoms with E-state index in [0.29, 0.717) is 11.3 Å². The first-order valence-electron chi connectivity index (χ1n) is 8.12. The number of aliphatic hydroxyl groups is 1. The van der Waals surface area contributed by atoms with Crippen LogP contribution in [0, 0.1) is 13.8 Å². The van der Waals surface area contributed by atoms with E-state index in [-0.39, 0.29) is 18.5 Å². The third-order valence-corrected chi connectivity index (χ3v) is 5.26. The van der Waals surface area contributed by atoms with Gasteiger partial charge in [-0.15, -0.1) is 11.3 Å². The van der Waals surface area contributed by atoms with E-state index >= 15 is 0 Å². The third-order valence-electron chi connectivity index (χ3n) is 4.45. The van der Waals surface area contributed by atoms with Crippen LogP contribution in [0.5, 0.6) is 0 Å². The number of hydrogen-bond acceptors (Lipinski definition) is 6. The molecule has 2 aromatic rings. The van der Waals surface area contributed by atoms with Gasteiger partial charge < -0.3 is 19.7 Å². The number of nitrogens with zero attached hydrogens (tertiary/aromatic N) is 2. The lowest BCUT2D eigenvalue weighted by molar-refractivity contribution is -0.123. The van der Waals surface area contributed by atoms with Crippen LogP contribution in [0.25, 0.3) is 0 Å². The van der Waals surface area contributed by atoms with Gasteiger partial charge in [0.1, 0.15) is 23.2 Å². The van der Waals surface area contributed by atoms with E-state index in [9.17, 15) is 9.90 Å². The molecule has 0 spiro atoms. The number of carbonyl (C=O) groups is 1. The van der Waals surface area contributed by atoms with Gasteiger partial charge in [0.05, 0.1) is 6.54 Å². The number of aryl methyl sites for hydroxylation is 2. The zero-order valence-electron chi connectivity index (χ0n) is 14.2.